The largest absolute Gasteiger partial charge is 0.491 e. The molecular weight excluding hydrogens is 240 g/mol. The van der Waals surface area contributed by atoms with Gasteiger partial charge in [0.2, 0.25) is 0 Å². The van der Waals surface area contributed by atoms with Crippen LogP contribution in [0.2, 0.25) is 0 Å². The number of rotatable bonds is 8. The quantitative estimate of drug-likeness (QED) is 0.702. The molecule has 1 aromatic rings. The third kappa shape index (κ3) is 5.09. The van der Waals surface area contributed by atoms with Crippen molar-refractivity contribution in [3.05, 3.63) is 24.3 Å². The smallest absolute Gasteiger partial charge is 0.119 e. The van der Waals surface area contributed by atoms with Gasteiger partial charge in [0.05, 0.1) is 0 Å². The molecule has 2 rings (SSSR count). The van der Waals surface area contributed by atoms with Crippen LogP contribution in [0.3, 0.4) is 0 Å². The van der Waals surface area contributed by atoms with Crippen molar-refractivity contribution in [3.8, 4) is 5.75 Å². The SMILES string of the molecule is CCN(CC(O)COc1ccc(N)cc1)CC1CC1. The van der Waals surface area contributed by atoms with Crippen LogP contribution in [0, 0.1) is 5.92 Å². The van der Waals surface area contributed by atoms with E-state index >= 15 is 0 Å². The number of ether oxygens (including phenoxy) is 1. The van der Waals surface area contributed by atoms with E-state index in [1.165, 1.54) is 12.8 Å². The molecule has 106 valence electrons. The normalized spacial score (nSPS) is 16.6. The second-order valence-corrected chi connectivity index (χ2v) is 5.33. The van der Waals surface area contributed by atoms with Crippen LogP contribution in [0.25, 0.3) is 0 Å². The number of aliphatic hydroxyl groups excluding tert-OH is 1. The van der Waals surface area contributed by atoms with Gasteiger partial charge in [0.15, 0.2) is 0 Å². The third-order valence-electron chi connectivity index (χ3n) is 3.45. The number of benzene rings is 1. The maximum atomic E-state index is 10.0. The van der Waals surface area contributed by atoms with E-state index < -0.39 is 6.10 Å². The van der Waals surface area contributed by atoms with Crippen molar-refractivity contribution < 1.29 is 9.84 Å². The van der Waals surface area contributed by atoms with Gasteiger partial charge in [-0.2, -0.15) is 0 Å². The molecule has 1 saturated carbocycles. The van der Waals surface area contributed by atoms with E-state index in [0.29, 0.717) is 13.2 Å². The standard InChI is InChI=1S/C15H24N2O2/c1-2-17(9-12-3-4-12)10-14(18)11-19-15-7-5-13(16)6-8-15/h5-8,12,14,18H,2-4,9-11,16H2,1H3. The molecule has 1 fully saturated rings. The lowest BCUT2D eigenvalue weighted by molar-refractivity contribution is 0.0684. The van der Waals surface area contributed by atoms with Crippen molar-refractivity contribution in [2.24, 2.45) is 5.92 Å². The van der Waals surface area contributed by atoms with Crippen molar-refractivity contribution in [2.75, 3.05) is 32.0 Å². The highest BCUT2D eigenvalue weighted by molar-refractivity contribution is 5.41. The second kappa shape index (κ2) is 6.78. The maximum Gasteiger partial charge on any atom is 0.119 e. The minimum atomic E-state index is -0.448. The van der Waals surface area contributed by atoms with E-state index in [2.05, 4.69) is 11.8 Å². The fourth-order valence-corrected chi connectivity index (χ4v) is 2.11. The second-order valence-electron chi connectivity index (χ2n) is 5.33. The highest BCUT2D eigenvalue weighted by Gasteiger charge is 2.24. The molecule has 0 radical (unpaired) electrons. The lowest BCUT2D eigenvalue weighted by Crippen LogP contribution is -2.36. The number of hydrogen-bond acceptors (Lipinski definition) is 4. The number of anilines is 1. The zero-order valence-corrected chi connectivity index (χ0v) is 11.6. The summed E-state index contributed by atoms with van der Waals surface area (Å²) in [6.07, 6.45) is 2.24. The minimum Gasteiger partial charge on any atom is -0.491 e. The molecule has 4 nitrogen and oxygen atoms in total. The Morgan fingerprint density at radius 2 is 2.05 bits per heavy atom. The molecule has 0 amide bonds. The maximum absolute atomic E-state index is 10.0. The van der Waals surface area contributed by atoms with Crippen LogP contribution in [0.4, 0.5) is 5.69 Å². The van der Waals surface area contributed by atoms with Crippen molar-refractivity contribution >= 4 is 5.69 Å². The Balaban J connectivity index is 1.70. The van der Waals surface area contributed by atoms with Gasteiger partial charge in [-0.25, -0.2) is 0 Å². The Hall–Kier alpha value is -1.26. The van der Waals surface area contributed by atoms with Crippen molar-refractivity contribution in [1.29, 1.82) is 0 Å². The molecule has 3 N–H and O–H groups in total. The highest BCUT2D eigenvalue weighted by atomic mass is 16.5. The molecule has 1 aliphatic rings. The first-order valence-corrected chi connectivity index (χ1v) is 7.06. The molecule has 0 saturated heterocycles. The molecule has 0 bridgehead atoms. The number of likely N-dealkylation sites (N-methyl/N-ethyl adjacent to an activating group) is 1. The molecule has 1 atom stereocenters. The zero-order chi connectivity index (χ0) is 13.7. The molecule has 0 heterocycles. The van der Waals surface area contributed by atoms with Crippen molar-refractivity contribution in [1.82, 2.24) is 4.90 Å². The van der Waals surface area contributed by atoms with Crippen molar-refractivity contribution in [2.45, 2.75) is 25.9 Å². The number of aliphatic hydroxyl groups is 1. The molecule has 4 heteroatoms. The fraction of sp³-hybridized carbons (Fsp3) is 0.600. The van der Waals surface area contributed by atoms with Crippen LogP contribution < -0.4 is 10.5 Å². The van der Waals surface area contributed by atoms with Crippen LogP contribution in [0.15, 0.2) is 24.3 Å². The summed E-state index contributed by atoms with van der Waals surface area (Å²) in [7, 11) is 0. The Bertz CT molecular complexity index is 376. The molecule has 1 unspecified atom stereocenters. The molecule has 1 aromatic carbocycles. The van der Waals surface area contributed by atoms with E-state index in [-0.39, 0.29) is 0 Å². The zero-order valence-electron chi connectivity index (χ0n) is 11.6. The summed E-state index contributed by atoms with van der Waals surface area (Å²) in [5, 5.41) is 10.0. The minimum absolute atomic E-state index is 0.324. The average molecular weight is 264 g/mol. The molecular formula is C15H24N2O2. The van der Waals surface area contributed by atoms with Gasteiger partial charge in [0.1, 0.15) is 18.5 Å². The first-order valence-electron chi connectivity index (χ1n) is 7.06. The van der Waals surface area contributed by atoms with E-state index in [4.69, 9.17) is 10.5 Å². The lowest BCUT2D eigenvalue weighted by Gasteiger charge is -2.23. The monoisotopic (exact) mass is 264 g/mol. The predicted molar refractivity (Wildman–Crippen MR) is 77.2 cm³/mol. The van der Waals surface area contributed by atoms with Crippen LogP contribution in [-0.4, -0.2) is 42.4 Å². The number of nitrogens with zero attached hydrogens (tertiary/aromatic N) is 1. The summed E-state index contributed by atoms with van der Waals surface area (Å²) in [5.41, 5.74) is 6.32. The van der Waals surface area contributed by atoms with Gasteiger partial charge in [-0.05, 0) is 49.6 Å². The van der Waals surface area contributed by atoms with Gasteiger partial charge >= 0.3 is 0 Å². The summed E-state index contributed by atoms with van der Waals surface area (Å²) in [4.78, 5) is 2.30. The van der Waals surface area contributed by atoms with Gasteiger partial charge < -0.3 is 20.5 Å². The Kier molecular flexibility index (Phi) is 5.05. The summed E-state index contributed by atoms with van der Waals surface area (Å²) in [6.45, 7) is 5.23. The number of hydrogen-bond donors (Lipinski definition) is 2. The highest BCUT2D eigenvalue weighted by Crippen LogP contribution is 2.29. The topological polar surface area (TPSA) is 58.7 Å². The number of nitrogens with two attached hydrogens (primary N) is 1. The van der Waals surface area contributed by atoms with E-state index in [0.717, 1.165) is 30.4 Å². The van der Waals surface area contributed by atoms with Gasteiger partial charge in [-0.15, -0.1) is 0 Å². The van der Waals surface area contributed by atoms with Crippen LogP contribution in [0.1, 0.15) is 19.8 Å². The Labute approximate surface area is 115 Å². The molecule has 0 aromatic heterocycles. The molecule has 0 spiro atoms. The molecule has 1 aliphatic carbocycles. The first kappa shape index (κ1) is 14.2. The number of nitrogen functional groups attached to an aromatic ring is 1. The van der Waals surface area contributed by atoms with Crippen molar-refractivity contribution in [3.63, 3.8) is 0 Å². The predicted octanol–water partition coefficient (Wildman–Crippen LogP) is 1.74. The summed E-state index contributed by atoms with van der Waals surface area (Å²) in [5.74, 6) is 1.60. The van der Waals surface area contributed by atoms with Crippen LogP contribution in [-0.2, 0) is 0 Å². The van der Waals surface area contributed by atoms with Crippen LogP contribution >= 0.6 is 0 Å². The molecule has 0 aliphatic heterocycles. The van der Waals surface area contributed by atoms with E-state index in [9.17, 15) is 5.11 Å². The van der Waals surface area contributed by atoms with Gasteiger partial charge in [-0.3, -0.25) is 0 Å². The van der Waals surface area contributed by atoms with Crippen LogP contribution in [0.5, 0.6) is 5.75 Å². The molecule has 19 heavy (non-hydrogen) atoms. The van der Waals surface area contributed by atoms with E-state index in [1.807, 2.05) is 12.1 Å². The van der Waals surface area contributed by atoms with Gasteiger partial charge in [0.25, 0.3) is 0 Å². The summed E-state index contributed by atoms with van der Waals surface area (Å²) < 4.78 is 5.56. The summed E-state index contributed by atoms with van der Waals surface area (Å²) in [6, 6.07) is 7.24. The summed E-state index contributed by atoms with van der Waals surface area (Å²) >= 11 is 0. The Morgan fingerprint density at radius 3 is 2.63 bits per heavy atom. The Morgan fingerprint density at radius 1 is 1.37 bits per heavy atom. The van der Waals surface area contributed by atoms with E-state index in [1.54, 1.807) is 12.1 Å². The van der Waals surface area contributed by atoms with Gasteiger partial charge in [-0.1, -0.05) is 6.92 Å². The first-order chi connectivity index (χ1) is 9.17. The lowest BCUT2D eigenvalue weighted by atomic mass is 10.3. The fourth-order valence-electron chi connectivity index (χ4n) is 2.11. The average Bonchev–Trinajstić information content (AvgIpc) is 3.21. The third-order valence-corrected chi connectivity index (χ3v) is 3.45. The van der Waals surface area contributed by atoms with Gasteiger partial charge in [0, 0.05) is 18.8 Å².